The largest absolute Gasteiger partial charge is 0.361 e. The van der Waals surface area contributed by atoms with Crippen LogP contribution in [0, 0.1) is 5.82 Å². The molecular formula is C19H31FIN5. The van der Waals surface area contributed by atoms with E-state index in [1.165, 1.54) is 17.7 Å². The predicted octanol–water partition coefficient (Wildman–Crippen LogP) is 3.41. The summed E-state index contributed by atoms with van der Waals surface area (Å²) in [5.74, 6) is 0.605. The lowest BCUT2D eigenvalue weighted by atomic mass is 10.1. The SMILES string of the molecule is CCNC(=NCCNC(C)(C)C)NCCc1c[nH]c2cc(F)ccc12.I. The fourth-order valence-electron chi connectivity index (χ4n) is 2.62. The summed E-state index contributed by atoms with van der Waals surface area (Å²) in [5, 5.41) is 11.1. The van der Waals surface area contributed by atoms with Crippen LogP contribution >= 0.6 is 24.0 Å². The van der Waals surface area contributed by atoms with Crippen LogP contribution in [-0.4, -0.2) is 42.7 Å². The Labute approximate surface area is 172 Å². The van der Waals surface area contributed by atoms with Crippen molar-refractivity contribution in [2.45, 2.75) is 39.7 Å². The van der Waals surface area contributed by atoms with Gasteiger partial charge in [-0.2, -0.15) is 0 Å². The number of aromatic amines is 1. The molecule has 0 radical (unpaired) electrons. The molecule has 1 aromatic carbocycles. The van der Waals surface area contributed by atoms with E-state index < -0.39 is 0 Å². The van der Waals surface area contributed by atoms with Gasteiger partial charge in [-0.15, -0.1) is 24.0 Å². The van der Waals surface area contributed by atoms with Crippen LogP contribution in [0.1, 0.15) is 33.3 Å². The van der Waals surface area contributed by atoms with Gasteiger partial charge in [0.1, 0.15) is 5.82 Å². The maximum atomic E-state index is 13.2. The number of nitrogens with zero attached hydrogens (tertiary/aromatic N) is 1. The minimum atomic E-state index is -0.218. The number of aliphatic imine (C=N–C) groups is 1. The molecule has 0 aliphatic carbocycles. The van der Waals surface area contributed by atoms with Crippen LogP contribution in [-0.2, 0) is 6.42 Å². The third-order valence-corrected chi connectivity index (χ3v) is 3.80. The normalized spacial score (nSPS) is 12.1. The first-order valence-electron chi connectivity index (χ1n) is 8.92. The van der Waals surface area contributed by atoms with E-state index in [0.29, 0.717) is 0 Å². The van der Waals surface area contributed by atoms with Gasteiger partial charge in [0, 0.05) is 42.3 Å². The molecule has 7 heteroatoms. The third kappa shape index (κ3) is 7.49. The summed E-state index contributed by atoms with van der Waals surface area (Å²) in [7, 11) is 0. The smallest absolute Gasteiger partial charge is 0.191 e. The molecule has 0 aliphatic rings. The molecule has 0 bridgehead atoms. The minimum Gasteiger partial charge on any atom is -0.361 e. The van der Waals surface area contributed by atoms with Gasteiger partial charge in [0.25, 0.3) is 0 Å². The monoisotopic (exact) mass is 475 g/mol. The number of hydrogen-bond donors (Lipinski definition) is 4. The first-order chi connectivity index (χ1) is 11.9. The maximum absolute atomic E-state index is 13.2. The maximum Gasteiger partial charge on any atom is 0.191 e. The van der Waals surface area contributed by atoms with Gasteiger partial charge in [-0.1, -0.05) is 0 Å². The fraction of sp³-hybridized carbons (Fsp3) is 0.526. The number of rotatable bonds is 7. The van der Waals surface area contributed by atoms with E-state index >= 15 is 0 Å². The third-order valence-electron chi connectivity index (χ3n) is 3.80. The van der Waals surface area contributed by atoms with Gasteiger partial charge in [-0.05, 0) is 57.9 Å². The number of fused-ring (bicyclic) bond motifs is 1. The van der Waals surface area contributed by atoms with E-state index in [0.717, 1.165) is 49.5 Å². The average Bonchev–Trinajstić information content (AvgIpc) is 2.92. The summed E-state index contributed by atoms with van der Waals surface area (Å²) >= 11 is 0. The van der Waals surface area contributed by atoms with Crippen LogP contribution < -0.4 is 16.0 Å². The Bertz CT molecular complexity index is 706. The molecule has 0 atom stereocenters. The molecule has 5 nitrogen and oxygen atoms in total. The molecule has 0 saturated heterocycles. The second kappa shape index (κ2) is 10.7. The highest BCUT2D eigenvalue weighted by molar-refractivity contribution is 14.0. The van der Waals surface area contributed by atoms with Crippen molar-refractivity contribution in [1.29, 1.82) is 0 Å². The fourth-order valence-corrected chi connectivity index (χ4v) is 2.62. The van der Waals surface area contributed by atoms with Crippen molar-refractivity contribution >= 4 is 40.8 Å². The zero-order chi connectivity index (χ0) is 18.3. The molecule has 2 aromatic rings. The van der Waals surface area contributed by atoms with Crippen LogP contribution in [0.15, 0.2) is 29.4 Å². The van der Waals surface area contributed by atoms with E-state index in [-0.39, 0.29) is 35.3 Å². The molecule has 1 heterocycles. The molecule has 0 aliphatic heterocycles. The van der Waals surface area contributed by atoms with Crippen LogP contribution in [0.4, 0.5) is 4.39 Å². The van der Waals surface area contributed by atoms with E-state index in [9.17, 15) is 4.39 Å². The first-order valence-corrected chi connectivity index (χ1v) is 8.92. The highest BCUT2D eigenvalue weighted by Crippen LogP contribution is 2.19. The van der Waals surface area contributed by atoms with Crippen molar-refractivity contribution in [2.24, 2.45) is 4.99 Å². The van der Waals surface area contributed by atoms with Gasteiger partial charge in [0.15, 0.2) is 5.96 Å². The summed E-state index contributed by atoms with van der Waals surface area (Å²) in [5.41, 5.74) is 2.12. The Morgan fingerprint density at radius 1 is 1.19 bits per heavy atom. The van der Waals surface area contributed by atoms with Gasteiger partial charge < -0.3 is 20.9 Å². The minimum absolute atomic E-state index is 0. The lowest BCUT2D eigenvalue weighted by Gasteiger charge is -2.20. The molecule has 0 fully saturated rings. The Morgan fingerprint density at radius 2 is 1.96 bits per heavy atom. The lowest BCUT2D eigenvalue weighted by molar-refractivity contribution is 0.432. The highest BCUT2D eigenvalue weighted by atomic mass is 127. The van der Waals surface area contributed by atoms with Gasteiger partial charge in [-0.3, -0.25) is 4.99 Å². The summed E-state index contributed by atoms with van der Waals surface area (Å²) < 4.78 is 13.2. The number of H-pyrrole nitrogens is 1. The number of benzene rings is 1. The van der Waals surface area contributed by atoms with Crippen LogP contribution in [0.5, 0.6) is 0 Å². The van der Waals surface area contributed by atoms with Crippen molar-refractivity contribution in [1.82, 2.24) is 20.9 Å². The van der Waals surface area contributed by atoms with Crippen molar-refractivity contribution in [3.8, 4) is 0 Å². The number of hydrogen-bond acceptors (Lipinski definition) is 2. The summed E-state index contributed by atoms with van der Waals surface area (Å²) in [6, 6.07) is 4.86. The van der Waals surface area contributed by atoms with Crippen molar-refractivity contribution < 1.29 is 4.39 Å². The average molecular weight is 475 g/mol. The van der Waals surface area contributed by atoms with E-state index in [4.69, 9.17) is 0 Å². The number of halogens is 2. The molecule has 4 N–H and O–H groups in total. The van der Waals surface area contributed by atoms with Crippen molar-refractivity contribution in [2.75, 3.05) is 26.2 Å². The van der Waals surface area contributed by atoms with Gasteiger partial charge in [0.05, 0.1) is 6.54 Å². The summed E-state index contributed by atoms with van der Waals surface area (Å²) in [6.45, 7) is 11.6. The van der Waals surface area contributed by atoms with Crippen LogP contribution in [0.25, 0.3) is 10.9 Å². The number of nitrogens with one attached hydrogen (secondary N) is 4. The van der Waals surface area contributed by atoms with Crippen LogP contribution in [0.2, 0.25) is 0 Å². The molecule has 2 rings (SSSR count). The molecule has 0 amide bonds. The van der Waals surface area contributed by atoms with Crippen molar-refractivity contribution in [3.05, 3.63) is 35.8 Å². The Balaban J connectivity index is 0.00000338. The van der Waals surface area contributed by atoms with Gasteiger partial charge in [-0.25, -0.2) is 4.39 Å². The standard InChI is InChI=1S/C19H30FN5.HI/c1-5-21-18(23-10-11-25-19(2,3)4)22-9-8-14-13-24-17-12-15(20)6-7-16(14)17;/h6-7,12-13,24-25H,5,8-11H2,1-4H3,(H2,21,22,23);1H. The molecule has 0 saturated carbocycles. The predicted molar refractivity (Wildman–Crippen MR) is 119 cm³/mol. The second-order valence-electron chi connectivity index (χ2n) is 7.12. The molecule has 1 aromatic heterocycles. The van der Waals surface area contributed by atoms with Gasteiger partial charge >= 0.3 is 0 Å². The zero-order valence-corrected chi connectivity index (χ0v) is 18.4. The first kappa shape index (κ1) is 22.7. The Kier molecular flexibility index (Phi) is 9.35. The molecule has 26 heavy (non-hydrogen) atoms. The molecule has 0 unspecified atom stereocenters. The summed E-state index contributed by atoms with van der Waals surface area (Å²) in [6.07, 6.45) is 2.79. The molecule has 0 spiro atoms. The molecule has 146 valence electrons. The lowest BCUT2D eigenvalue weighted by Crippen LogP contribution is -2.40. The van der Waals surface area contributed by atoms with E-state index in [2.05, 4.69) is 53.6 Å². The number of guanidine groups is 1. The van der Waals surface area contributed by atoms with E-state index in [1.54, 1.807) is 0 Å². The van der Waals surface area contributed by atoms with Crippen LogP contribution in [0.3, 0.4) is 0 Å². The van der Waals surface area contributed by atoms with E-state index in [1.807, 2.05) is 12.3 Å². The topological polar surface area (TPSA) is 64.2 Å². The Hall–Kier alpha value is -1.35. The Morgan fingerprint density at radius 3 is 2.65 bits per heavy atom. The highest BCUT2D eigenvalue weighted by Gasteiger charge is 2.07. The number of aromatic nitrogens is 1. The quantitative estimate of drug-likeness (QED) is 0.215. The summed E-state index contributed by atoms with van der Waals surface area (Å²) in [4.78, 5) is 7.71. The van der Waals surface area contributed by atoms with Crippen molar-refractivity contribution in [3.63, 3.8) is 0 Å². The second-order valence-corrected chi connectivity index (χ2v) is 7.12. The van der Waals surface area contributed by atoms with Gasteiger partial charge in [0.2, 0.25) is 0 Å². The molecular weight excluding hydrogens is 444 g/mol. The zero-order valence-electron chi connectivity index (χ0n) is 16.1.